The largest absolute Gasteiger partial charge is 0.327 e. The summed E-state index contributed by atoms with van der Waals surface area (Å²) in [6, 6.07) is 17.0. The van der Waals surface area contributed by atoms with Gasteiger partial charge in [0.25, 0.3) is 0 Å². The maximum atomic E-state index is 4.58. The van der Waals surface area contributed by atoms with Crippen molar-refractivity contribution in [3.63, 3.8) is 0 Å². The molecule has 0 saturated carbocycles. The lowest BCUT2D eigenvalue weighted by molar-refractivity contribution is 0.932. The van der Waals surface area contributed by atoms with Crippen LogP contribution in [0.25, 0.3) is 22.6 Å². The van der Waals surface area contributed by atoms with Gasteiger partial charge in [-0.3, -0.25) is 0 Å². The smallest absolute Gasteiger partial charge is 0.140 e. The van der Waals surface area contributed by atoms with E-state index in [0.717, 1.165) is 17.1 Å². The first-order chi connectivity index (χ1) is 9.65. The van der Waals surface area contributed by atoms with Crippen LogP contribution in [0, 0.1) is 13.8 Å². The molecule has 20 heavy (non-hydrogen) atoms. The average molecular weight is 262 g/mol. The van der Waals surface area contributed by atoms with Crippen LogP contribution in [-0.4, -0.2) is 9.55 Å². The predicted octanol–water partition coefficient (Wildman–Crippen LogP) is 4.37. The van der Waals surface area contributed by atoms with Gasteiger partial charge >= 0.3 is 0 Å². The Kier molecular flexibility index (Phi) is 3.15. The number of benzene rings is 2. The summed E-state index contributed by atoms with van der Waals surface area (Å²) in [7, 11) is 2.07. The van der Waals surface area contributed by atoms with E-state index in [4.69, 9.17) is 0 Å². The molecule has 1 aromatic heterocycles. The Morgan fingerprint density at radius 3 is 1.80 bits per heavy atom. The lowest BCUT2D eigenvalue weighted by Gasteiger charge is -2.07. The zero-order valence-corrected chi connectivity index (χ0v) is 12.1. The van der Waals surface area contributed by atoms with Crippen LogP contribution in [0.1, 0.15) is 11.1 Å². The van der Waals surface area contributed by atoms with Crippen LogP contribution in [0.4, 0.5) is 0 Å². The molecule has 0 aliphatic carbocycles. The fourth-order valence-corrected chi connectivity index (χ4v) is 2.37. The van der Waals surface area contributed by atoms with Crippen molar-refractivity contribution in [2.75, 3.05) is 0 Å². The highest BCUT2D eigenvalue weighted by molar-refractivity contribution is 5.66. The molecule has 2 aromatic carbocycles. The zero-order valence-electron chi connectivity index (χ0n) is 12.1. The van der Waals surface area contributed by atoms with Crippen molar-refractivity contribution in [1.82, 2.24) is 9.55 Å². The number of hydrogen-bond acceptors (Lipinski definition) is 1. The number of nitrogens with zero attached hydrogens (tertiary/aromatic N) is 2. The van der Waals surface area contributed by atoms with Gasteiger partial charge in [-0.2, -0.15) is 0 Å². The minimum atomic E-state index is 1.00. The molecule has 0 N–H and O–H groups in total. The third-order valence-corrected chi connectivity index (χ3v) is 3.65. The molecular formula is C18H18N2. The summed E-state index contributed by atoms with van der Waals surface area (Å²) in [5, 5.41) is 0. The van der Waals surface area contributed by atoms with Crippen molar-refractivity contribution in [2.24, 2.45) is 7.05 Å². The highest BCUT2D eigenvalue weighted by atomic mass is 15.1. The number of imidazole rings is 1. The molecule has 0 atom stereocenters. The molecule has 3 rings (SSSR count). The molecule has 0 fully saturated rings. The molecule has 0 unspecified atom stereocenters. The van der Waals surface area contributed by atoms with Gasteiger partial charge in [0.15, 0.2) is 0 Å². The first kappa shape index (κ1) is 12.7. The van der Waals surface area contributed by atoms with E-state index >= 15 is 0 Å². The molecule has 0 radical (unpaired) electrons. The SMILES string of the molecule is Cc1ccc(-c2cnc(-c3ccc(C)cc3)n2C)cc1. The van der Waals surface area contributed by atoms with Crippen LogP contribution in [-0.2, 0) is 7.05 Å². The standard InChI is InChI=1S/C18H18N2/c1-13-4-8-15(9-5-13)17-12-19-18(20(17)3)16-10-6-14(2)7-11-16/h4-12H,1-3H3. The van der Waals surface area contributed by atoms with E-state index in [0.29, 0.717) is 0 Å². The first-order valence-corrected chi connectivity index (χ1v) is 6.81. The minimum absolute atomic E-state index is 1.00. The van der Waals surface area contributed by atoms with Crippen LogP contribution in [0.2, 0.25) is 0 Å². The molecule has 0 bridgehead atoms. The lowest BCUT2D eigenvalue weighted by Crippen LogP contribution is -1.95. The summed E-state index contributed by atoms with van der Waals surface area (Å²) >= 11 is 0. The molecule has 0 aliphatic rings. The normalized spacial score (nSPS) is 10.8. The van der Waals surface area contributed by atoms with Gasteiger partial charge in [-0.15, -0.1) is 0 Å². The summed E-state index contributed by atoms with van der Waals surface area (Å²) in [6.45, 7) is 4.20. The van der Waals surface area contributed by atoms with Gasteiger partial charge < -0.3 is 4.57 Å². The molecule has 0 spiro atoms. The quantitative estimate of drug-likeness (QED) is 0.670. The van der Waals surface area contributed by atoms with Gasteiger partial charge in [0.1, 0.15) is 5.82 Å². The van der Waals surface area contributed by atoms with E-state index in [-0.39, 0.29) is 0 Å². The summed E-state index contributed by atoms with van der Waals surface area (Å²) in [5.41, 5.74) is 6.03. The molecule has 0 saturated heterocycles. The molecule has 2 heteroatoms. The maximum absolute atomic E-state index is 4.58. The van der Waals surface area contributed by atoms with E-state index in [1.165, 1.54) is 16.7 Å². The van der Waals surface area contributed by atoms with Gasteiger partial charge in [0.2, 0.25) is 0 Å². The van der Waals surface area contributed by atoms with E-state index < -0.39 is 0 Å². The van der Waals surface area contributed by atoms with Crippen LogP contribution in [0.3, 0.4) is 0 Å². The van der Waals surface area contributed by atoms with Gasteiger partial charge in [-0.05, 0) is 19.4 Å². The fourth-order valence-electron chi connectivity index (χ4n) is 2.37. The van der Waals surface area contributed by atoms with Crippen molar-refractivity contribution in [2.45, 2.75) is 13.8 Å². The second-order valence-electron chi connectivity index (χ2n) is 5.26. The number of aryl methyl sites for hydroxylation is 2. The third kappa shape index (κ3) is 2.25. The fraction of sp³-hybridized carbons (Fsp3) is 0.167. The summed E-state index contributed by atoms with van der Waals surface area (Å²) in [4.78, 5) is 4.58. The minimum Gasteiger partial charge on any atom is -0.327 e. The highest BCUT2D eigenvalue weighted by Crippen LogP contribution is 2.25. The topological polar surface area (TPSA) is 17.8 Å². The van der Waals surface area contributed by atoms with E-state index in [2.05, 4.69) is 79.0 Å². The third-order valence-electron chi connectivity index (χ3n) is 3.65. The maximum Gasteiger partial charge on any atom is 0.140 e. The van der Waals surface area contributed by atoms with Crippen LogP contribution >= 0.6 is 0 Å². The van der Waals surface area contributed by atoms with Gasteiger partial charge in [0, 0.05) is 12.6 Å². The Labute approximate surface area is 119 Å². The molecule has 1 heterocycles. The summed E-state index contributed by atoms with van der Waals surface area (Å²) in [5.74, 6) is 1.00. The zero-order chi connectivity index (χ0) is 14.1. The van der Waals surface area contributed by atoms with Gasteiger partial charge in [-0.25, -0.2) is 4.98 Å². The van der Waals surface area contributed by atoms with Gasteiger partial charge in [-0.1, -0.05) is 59.7 Å². The monoisotopic (exact) mass is 262 g/mol. The Morgan fingerprint density at radius 1 is 0.750 bits per heavy atom. The number of rotatable bonds is 2. The second kappa shape index (κ2) is 4.97. The summed E-state index contributed by atoms with van der Waals surface area (Å²) < 4.78 is 2.15. The molecule has 0 aliphatic heterocycles. The molecule has 0 amide bonds. The Morgan fingerprint density at radius 2 is 1.25 bits per heavy atom. The van der Waals surface area contributed by atoms with Gasteiger partial charge in [0.05, 0.1) is 11.9 Å². The van der Waals surface area contributed by atoms with Crippen molar-refractivity contribution >= 4 is 0 Å². The molecule has 2 nitrogen and oxygen atoms in total. The molecule has 100 valence electrons. The Balaban J connectivity index is 2.04. The average Bonchev–Trinajstić information content (AvgIpc) is 2.83. The van der Waals surface area contributed by atoms with Crippen LogP contribution < -0.4 is 0 Å². The van der Waals surface area contributed by atoms with Crippen molar-refractivity contribution in [3.05, 3.63) is 65.9 Å². The van der Waals surface area contributed by atoms with Crippen molar-refractivity contribution < 1.29 is 0 Å². The van der Waals surface area contributed by atoms with E-state index in [9.17, 15) is 0 Å². The predicted molar refractivity (Wildman–Crippen MR) is 83.6 cm³/mol. The van der Waals surface area contributed by atoms with E-state index in [1.54, 1.807) is 0 Å². The molecular weight excluding hydrogens is 244 g/mol. The van der Waals surface area contributed by atoms with E-state index in [1.807, 2.05) is 6.20 Å². The Hall–Kier alpha value is -2.35. The molecule has 3 aromatic rings. The lowest BCUT2D eigenvalue weighted by atomic mass is 10.1. The first-order valence-electron chi connectivity index (χ1n) is 6.81. The summed E-state index contributed by atoms with van der Waals surface area (Å²) in [6.07, 6.45) is 1.94. The highest BCUT2D eigenvalue weighted by Gasteiger charge is 2.09. The van der Waals surface area contributed by atoms with Crippen molar-refractivity contribution in [1.29, 1.82) is 0 Å². The van der Waals surface area contributed by atoms with Crippen molar-refractivity contribution in [3.8, 4) is 22.6 Å². The number of hydrogen-bond donors (Lipinski definition) is 0. The number of aromatic nitrogens is 2. The second-order valence-corrected chi connectivity index (χ2v) is 5.26. The van der Waals surface area contributed by atoms with Crippen LogP contribution in [0.15, 0.2) is 54.7 Å². The Bertz CT molecular complexity index is 656. The van der Waals surface area contributed by atoms with Crippen LogP contribution in [0.5, 0.6) is 0 Å².